The van der Waals surface area contributed by atoms with Crippen LogP contribution in [0.1, 0.15) is 24.6 Å². The Labute approximate surface area is 136 Å². The number of hydrogen-bond acceptors (Lipinski definition) is 2. The first-order valence-electron chi connectivity index (χ1n) is 7.92. The standard InChI is InChI=1S/C17H24FN5/c1-3-19-17(21-13-16-9-11-22-23(16)2)20-10-5-7-14-6-4-8-15(18)12-14/h4,6,8-9,11-12H,3,5,7,10,13H2,1-2H3,(H2,19,20,21). The van der Waals surface area contributed by atoms with Crippen molar-refractivity contribution in [3.05, 3.63) is 53.6 Å². The lowest BCUT2D eigenvalue weighted by Crippen LogP contribution is -2.37. The van der Waals surface area contributed by atoms with Gasteiger partial charge in [-0.05, 0) is 43.5 Å². The van der Waals surface area contributed by atoms with Crippen molar-refractivity contribution in [2.75, 3.05) is 13.1 Å². The number of aryl methyl sites for hydroxylation is 2. The Hall–Kier alpha value is -2.37. The molecule has 0 aliphatic rings. The number of aromatic nitrogens is 2. The van der Waals surface area contributed by atoms with Crippen LogP contribution in [0.3, 0.4) is 0 Å². The number of hydrogen-bond donors (Lipinski definition) is 2. The van der Waals surface area contributed by atoms with Crippen molar-refractivity contribution in [1.29, 1.82) is 0 Å². The van der Waals surface area contributed by atoms with E-state index < -0.39 is 0 Å². The zero-order valence-electron chi connectivity index (χ0n) is 13.7. The lowest BCUT2D eigenvalue weighted by molar-refractivity contribution is 0.624. The van der Waals surface area contributed by atoms with E-state index in [2.05, 4.69) is 20.7 Å². The summed E-state index contributed by atoms with van der Waals surface area (Å²) in [4.78, 5) is 4.55. The van der Waals surface area contributed by atoms with E-state index >= 15 is 0 Å². The molecular weight excluding hydrogens is 293 g/mol. The van der Waals surface area contributed by atoms with Gasteiger partial charge < -0.3 is 10.6 Å². The number of nitrogens with zero attached hydrogens (tertiary/aromatic N) is 3. The molecule has 0 fully saturated rings. The first kappa shape index (κ1) is 17.0. The smallest absolute Gasteiger partial charge is 0.191 e. The zero-order valence-corrected chi connectivity index (χ0v) is 13.7. The number of rotatable bonds is 7. The lowest BCUT2D eigenvalue weighted by Gasteiger charge is -2.11. The average molecular weight is 317 g/mol. The van der Waals surface area contributed by atoms with Crippen molar-refractivity contribution in [2.24, 2.45) is 12.0 Å². The predicted octanol–water partition coefficient (Wildman–Crippen LogP) is 2.25. The summed E-state index contributed by atoms with van der Waals surface area (Å²) in [5.74, 6) is 0.606. The number of guanidine groups is 1. The van der Waals surface area contributed by atoms with Crippen molar-refractivity contribution in [1.82, 2.24) is 20.4 Å². The van der Waals surface area contributed by atoms with E-state index in [0.29, 0.717) is 6.54 Å². The van der Waals surface area contributed by atoms with Gasteiger partial charge in [-0.3, -0.25) is 4.68 Å². The van der Waals surface area contributed by atoms with Gasteiger partial charge in [-0.1, -0.05) is 12.1 Å². The summed E-state index contributed by atoms with van der Waals surface area (Å²) < 4.78 is 14.9. The topological polar surface area (TPSA) is 54.2 Å². The van der Waals surface area contributed by atoms with Crippen LogP contribution in [-0.4, -0.2) is 28.8 Å². The predicted molar refractivity (Wildman–Crippen MR) is 90.7 cm³/mol. The molecule has 1 heterocycles. The Morgan fingerprint density at radius 1 is 1.30 bits per heavy atom. The molecule has 0 bridgehead atoms. The van der Waals surface area contributed by atoms with Gasteiger partial charge in [0.1, 0.15) is 5.82 Å². The van der Waals surface area contributed by atoms with Crippen LogP contribution in [-0.2, 0) is 20.0 Å². The minimum Gasteiger partial charge on any atom is -0.357 e. The maximum atomic E-state index is 13.1. The fraction of sp³-hybridized carbons (Fsp3) is 0.412. The molecule has 2 rings (SSSR count). The highest BCUT2D eigenvalue weighted by Crippen LogP contribution is 2.05. The molecule has 5 nitrogen and oxygen atoms in total. The molecule has 1 aromatic heterocycles. The second kappa shape index (κ2) is 8.92. The highest BCUT2D eigenvalue weighted by molar-refractivity contribution is 5.79. The Kier molecular flexibility index (Phi) is 6.59. The third-order valence-electron chi connectivity index (χ3n) is 3.49. The summed E-state index contributed by atoms with van der Waals surface area (Å²) >= 11 is 0. The zero-order chi connectivity index (χ0) is 16.5. The van der Waals surface area contributed by atoms with Gasteiger partial charge in [0.15, 0.2) is 5.96 Å². The van der Waals surface area contributed by atoms with E-state index in [1.807, 2.05) is 30.8 Å². The van der Waals surface area contributed by atoms with Crippen LogP contribution in [0.25, 0.3) is 0 Å². The minimum absolute atomic E-state index is 0.179. The van der Waals surface area contributed by atoms with Crippen LogP contribution in [0.4, 0.5) is 4.39 Å². The van der Waals surface area contributed by atoms with Gasteiger partial charge in [0, 0.05) is 26.3 Å². The molecule has 0 saturated heterocycles. The Morgan fingerprint density at radius 3 is 2.87 bits per heavy atom. The third-order valence-corrected chi connectivity index (χ3v) is 3.49. The number of benzene rings is 1. The third kappa shape index (κ3) is 5.73. The molecule has 0 aliphatic heterocycles. The fourth-order valence-corrected chi connectivity index (χ4v) is 2.25. The molecule has 0 radical (unpaired) electrons. The summed E-state index contributed by atoms with van der Waals surface area (Å²) in [6, 6.07) is 8.71. The Morgan fingerprint density at radius 2 is 2.17 bits per heavy atom. The van der Waals surface area contributed by atoms with Crippen LogP contribution >= 0.6 is 0 Å². The molecule has 0 spiro atoms. The quantitative estimate of drug-likeness (QED) is 0.468. The van der Waals surface area contributed by atoms with E-state index in [0.717, 1.165) is 43.1 Å². The average Bonchev–Trinajstić information content (AvgIpc) is 2.94. The van der Waals surface area contributed by atoms with Crippen LogP contribution in [0.15, 0.2) is 41.5 Å². The van der Waals surface area contributed by atoms with Crippen LogP contribution in [0, 0.1) is 5.82 Å². The second-order valence-electron chi connectivity index (χ2n) is 5.30. The minimum atomic E-state index is -0.179. The van der Waals surface area contributed by atoms with E-state index in [-0.39, 0.29) is 5.82 Å². The highest BCUT2D eigenvalue weighted by Gasteiger charge is 2.01. The molecule has 23 heavy (non-hydrogen) atoms. The second-order valence-corrected chi connectivity index (χ2v) is 5.30. The summed E-state index contributed by atoms with van der Waals surface area (Å²) in [5, 5.41) is 10.7. The normalized spacial score (nSPS) is 11.5. The summed E-state index contributed by atoms with van der Waals surface area (Å²) in [7, 11) is 1.91. The van der Waals surface area contributed by atoms with Gasteiger partial charge in [0.25, 0.3) is 0 Å². The fourth-order valence-electron chi connectivity index (χ4n) is 2.25. The van der Waals surface area contributed by atoms with Crippen LogP contribution in [0.5, 0.6) is 0 Å². The van der Waals surface area contributed by atoms with Crippen molar-refractivity contribution >= 4 is 5.96 Å². The van der Waals surface area contributed by atoms with Crippen LogP contribution < -0.4 is 10.6 Å². The molecule has 0 atom stereocenters. The highest BCUT2D eigenvalue weighted by atomic mass is 19.1. The number of aliphatic imine (C=N–C) groups is 1. The van der Waals surface area contributed by atoms with Crippen molar-refractivity contribution < 1.29 is 4.39 Å². The first-order chi connectivity index (χ1) is 11.2. The molecule has 1 aromatic carbocycles. The van der Waals surface area contributed by atoms with Gasteiger partial charge in [-0.2, -0.15) is 5.10 Å². The Bertz CT molecular complexity index is 635. The largest absolute Gasteiger partial charge is 0.357 e. The van der Waals surface area contributed by atoms with Gasteiger partial charge in [-0.25, -0.2) is 9.38 Å². The molecule has 0 aliphatic carbocycles. The maximum Gasteiger partial charge on any atom is 0.191 e. The number of halogens is 1. The summed E-state index contributed by atoms with van der Waals surface area (Å²) in [5.41, 5.74) is 2.07. The van der Waals surface area contributed by atoms with E-state index in [9.17, 15) is 4.39 Å². The SMILES string of the molecule is CCNC(=NCc1ccnn1C)NCCCc1cccc(F)c1. The van der Waals surface area contributed by atoms with Crippen LogP contribution in [0.2, 0.25) is 0 Å². The van der Waals surface area contributed by atoms with Gasteiger partial charge in [0.2, 0.25) is 0 Å². The molecule has 6 heteroatoms. The molecular formula is C17H24FN5. The molecule has 2 N–H and O–H groups in total. The monoisotopic (exact) mass is 317 g/mol. The first-order valence-corrected chi connectivity index (χ1v) is 7.92. The maximum absolute atomic E-state index is 13.1. The van der Waals surface area contributed by atoms with Gasteiger partial charge in [0.05, 0.1) is 12.2 Å². The molecule has 124 valence electrons. The van der Waals surface area contributed by atoms with E-state index in [1.54, 1.807) is 18.3 Å². The summed E-state index contributed by atoms with van der Waals surface area (Å²) in [6.07, 6.45) is 3.52. The van der Waals surface area contributed by atoms with E-state index in [1.165, 1.54) is 6.07 Å². The van der Waals surface area contributed by atoms with Crippen molar-refractivity contribution in [3.63, 3.8) is 0 Å². The van der Waals surface area contributed by atoms with E-state index in [4.69, 9.17) is 0 Å². The Balaban J connectivity index is 1.79. The van der Waals surface area contributed by atoms with Crippen molar-refractivity contribution in [2.45, 2.75) is 26.3 Å². The van der Waals surface area contributed by atoms with Gasteiger partial charge in [-0.15, -0.1) is 0 Å². The molecule has 0 unspecified atom stereocenters. The molecule has 0 saturated carbocycles. The number of nitrogens with one attached hydrogen (secondary N) is 2. The lowest BCUT2D eigenvalue weighted by atomic mass is 10.1. The van der Waals surface area contributed by atoms with Crippen molar-refractivity contribution in [3.8, 4) is 0 Å². The summed E-state index contributed by atoms with van der Waals surface area (Å²) in [6.45, 7) is 4.21. The molecule has 2 aromatic rings. The molecule has 0 amide bonds. The van der Waals surface area contributed by atoms with Gasteiger partial charge >= 0.3 is 0 Å².